The first-order valence-electron chi connectivity index (χ1n) is 9.14. The van der Waals surface area contributed by atoms with E-state index in [9.17, 15) is 18.0 Å². The number of hydrogen-bond donors (Lipinski definition) is 2. The molecule has 0 bridgehead atoms. The third kappa shape index (κ3) is 7.00. The minimum Gasteiger partial charge on any atom is -0.329 e. The molecule has 3 N–H and O–H groups in total. The molecular weight excluding hydrogens is 359 g/mol. The number of carbonyl (C=O) groups excluding carboxylic acids is 1. The molecule has 27 heavy (non-hydrogen) atoms. The average Bonchev–Trinajstić information content (AvgIpc) is 2.62. The number of urea groups is 1. The molecule has 6 nitrogen and oxygen atoms in total. The summed E-state index contributed by atoms with van der Waals surface area (Å²) < 4.78 is 37.8. The van der Waals surface area contributed by atoms with Crippen molar-refractivity contribution in [3.63, 3.8) is 0 Å². The molecule has 1 aliphatic heterocycles. The van der Waals surface area contributed by atoms with Gasteiger partial charge in [0.2, 0.25) is 0 Å². The van der Waals surface area contributed by atoms with Gasteiger partial charge in [-0.05, 0) is 44.3 Å². The zero-order chi connectivity index (χ0) is 19.9. The van der Waals surface area contributed by atoms with Gasteiger partial charge < -0.3 is 25.8 Å². The van der Waals surface area contributed by atoms with E-state index in [4.69, 9.17) is 5.73 Å². The van der Waals surface area contributed by atoms with Crippen LogP contribution in [0.25, 0.3) is 0 Å². The number of piperazine rings is 1. The van der Waals surface area contributed by atoms with Crippen molar-refractivity contribution < 1.29 is 18.0 Å². The number of nitrogens with two attached hydrogens (primary N) is 1. The molecule has 1 aromatic rings. The lowest BCUT2D eigenvalue weighted by atomic mass is 10.2. The van der Waals surface area contributed by atoms with Crippen molar-refractivity contribution in [2.45, 2.75) is 12.6 Å². The first-order valence-corrected chi connectivity index (χ1v) is 9.14. The SMILES string of the molecule is CN1CCN(CCCN(CCN)C(=O)Nc2ccc(C(F)(F)F)cc2)CC1. The second-order valence-electron chi connectivity index (χ2n) is 6.78. The molecule has 0 spiro atoms. The van der Waals surface area contributed by atoms with Crippen LogP contribution in [0.3, 0.4) is 0 Å². The highest BCUT2D eigenvalue weighted by molar-refractivity contribution is 5.89. The molecule has 1 saturated heterocycles. The van der Waals surface area contributed by atoms with Crippen LogP contribution in [-0.2, 0) is 6.18 Å². The van der Waals surface area contributed by atoms with E-state index in [1.165, 1.54) is 12.1 Å². The highest BCUT2D eigenvalue weighted by Gasteiger charge is 2.30. The van der Waals surface area contributed by atoms with Gasteiger partial charge in [-0.15, -0.1) is 0 Å². The maximum Gasteiger partial charge on any atom is 0.416 e. The molecule has 0 atom stereocenters. The Morgan fingerprint density at radius 1 is 1.15 bits per heavy atom. The summed E-state index contributed by atoms with van der Waals surface area (Å²) in [5.41, 5.74) is 5.18. The van der Waals surface area contributed by atoms with Crippen molar-refractivity contribution in [3.05, 3.63) is 29.8 Å². The zero-order valence-electron chi connectivity index (χ0n) is 15.6. The Morgan fingerprint density at radius 3 is 2.33 bits per heavy atom. The van der Waals surface area contributed by atoms with Crippen molar-refractivity contribution >= 4 is 11.7 Å². The van der Waals surface area contributed by atoms with Crippen molar-refractivity contribution in [1.82, 2.24) is 14.7 Å². The number of nitrogens with one attached hydrogen (secondary N) is 1. The summed E-state index contributed by atoms with van der Waals surface area (Å²) in [7, 11) is 2.10. The number of benzene rings is 1. The standard InChI is InChI=1S/C18H28F3N5O/c1-24-11-13-25(14-12-24)8-2-9-26(10-7-22)17(27)23-16-5-3-15(4-6-16)18(19,20)21/h3-6H,2,7-14,22H2,1H3,(H,23,27). The Bertz CT molecular complexity index is 586. The van der Waals surface area contributed by atoms with Gasteiger partial charge in [-0.1, -0.05) is 0 Å². The Hall–Kier alpha value is -1.84. The van der Waals surface area contributed by atoms with E-state index < -0.39 is 11.7 Å². The van der Waals surface area contributed by atoms with Crippen LogP contribution in [0.5, 0.6) is 0 Å². The van der Waals surface area contributed by atoms with E-state index in [1.807, 2.05) is 0 Å². The molecule has 0 aromatic heterocycles. The summed E-state index contributed by atoms with van der Waals surface area (Å²) in [6.07, 6.45) is -3.57. The number of alkyl halides is 3. The number of anilines is 1. The summed E-state index contributed by atoms with van der Waals surface area (Å²) >= 11 is 0. The number of likely N-dealkylation sites (N-methyl/N-ethyl adjacent to an activating group) is 1. The lowest BCUT2D eigenvalue weighted by molar-refractivity contribution is -0.137. The number of carbonyl (C=O) groups is 1. The molecule has 0 radical (unpaired) electrons. The van der Waals surface area contributed by atoms with Gasteiger partial charge in [0.1, 0.15) is 0 Å². The van der Waals surface area contributed by atoms with Crippen molar-refractivity contribution in [2.24, 2.45) is 5.73 Å². The fourth-order valence-electron chi connectivity index (χ4n) is 2.97. The van der Waals surface area contributed by atoms with Gasteiger partial charge in [0.25, 0.3) is 0 Å². The number of hydrogen-bond acceptors (Lipinski definition) is 4. The molecular formula is C18H28F3N5O. The van der Waals surface area contributed by atoms with Gasteiger partial charge in [-0.25, -0.2) is 4.79 Å². The van der Waals surface area contributed by atoms with E-state index in [0.717, 1.165) is 51.3 Å². The lowest BCUT2D eigenvalue weighted by Gasteiger charge is -2.33. The Kier molecular flexibility index (Phi) is 7.88. The van der Waals surface area contributed by atoms with Gasteiger partial charge in [0.15, 0.2) is 0 Å². The first-order chi connectivity index (χ1) is 12.8. The van der Waals surface area contributed by atoms with E-state index in [-0.39, 0.29) is 6.03 Å². The molecule has 1 aromatic carbocycles. The van der Waals surface area contributed by atoms with Gasteiger partial charge in [0.05, 0.1) is 5.56 Å². The second-order valence-corrected chi connectivity index (χ2v) is 6.78. The normalized spacial score (nSPS) is 16.3. The average molecular weight is 387 g/mol. The van der Waals surface area contributed by atoms with E-state index in [1.54, 1.807) is 4.90 Å². The zero-order valence-corrected chi connectivity index (χ0v) is 15.6. The molecule has 2 rings (SSSR count). The van der Waals surface area contributed by atoms with Crippen LogP contribution < -0.4 is 11.1 Å². The number of nitrogens with zero attached hydrogens (tertiary/aromatic N) is 3. The molecule has 152 valence electrons. The maximum atomic E-state index is 12.6. The van der Waals surface area contributed by atoms with Gasteiger partial charge in [-0.2, -0.15) is 13.2 Å². The van der Waals surface area contributed by atoms with Crippen LogP contribution in [0.15, 0.2) is 24.3 Å². The Labute approximate surface area is 158 Å². The molecule has 2 amide bonds. The van der Waals surface area contributed by atoms with Crippen molar-refractivity contribution in [2.75, 3.05) is 64.7 Å². The molecule has 1 aliphatic rings. The van der Waals surface area contributed by atoms with Crippen LogP contribution in [0.2, 0.25) is 0 Å². The van der Waals surface area contributed by atoms with E-state index >= 15 is 0 Å². The maximum absolute atomic E-state index is 12.6. The summed E-state index contributed by atoms with van der Waals surface area (Å²) in [6, 6.07) is 4.07. The van der Waals surface area contributed by atoms with Crippen LogP contribution in [-0.4, -0.2) is 80.1 Å². The molecule has 1 heterocycles. The number of amides is 2. The second kappa shape index (κ2) is 9.91. The summed E-state index contributed by atoms with van der Waals surface area (Å²) in [5.74, 6) is 0. The number of rotatable bonds is 7. The molecule has 9 heteroatoms. The van der Waals surface area contributed by atoms with Gasteiger partial charge >= 0.3 is 12.2 Å². The van der Waals surface area contributed by atoms with Crippen LogP contribution in [0.4, 0.5) is 23.7 Å². The van der Waals surface area contributed by atoms with Gasteiger partial charge in [0, 0.05) is 51.5 Å². The summed E-state index contributed by atoms with van der Waals surface area (Å²) in [5, 5.41) is 2.64. The quantitative estimate of drug-likeness (QED) is 0.752. The van der Waals surface area contributed by atoms with Crippen LogP contribution in [0.1, 0.15) is 12.0 Å². The van der Waals surface area contributed by atoms with Gasteiger partial charge in [-0.3, -0.25) is 0 Å². The molecule has 0 unspecified atom stereocenters. The topological polar surface area (TPSA) is 64.8 Å². The molecule has 0 saturated carbocycles. The minimum atomic E-state index is -4.39. The predicted octanol–water partition coefficient (Wildman–Crippen LogP) is 2.14. The van der Waals surface area contributed by atoms with Crippen molar-refractivity contribution in [3.8, 4) is 0 Å². The Balaban J connectivity index is 1.83. The number of halogens is 3. The van der Waals surface area contributed by atoms with Crippen LogP contribution in [0, 0.1) is 0 Å². The first kappa shape index (κ1) is 21.5. The Morgan fingerprint density at radius 2 is 1.78 bits per heavy atom. The monoisotopic (exact) mass is 387 g/mol. The molecule has 1 fully saturated rings. The highest BCUT2D eigenvalue weighted by atomic mass is 19.4. The smallest absolute Gasteiger partial charge is 0.329 e. The van der Waals surface area contributed by atoms with E-state index in [2.05, 4.69) is 22.2 Å². The van der Waals surface area contributed by atoms with E-state index in [0.29, 0.717) is 25.3 Å². The largest absolute Gasteiger partial charge is 0.416 e. The fraction of sp³-hybridized carbons (Fsp3) is 0.611. The fourth-order valence-corrected chi connectivity index (χ4v) is 2.97. The highest BCUT2D eigenvalue weighted by Crippen LogP contribution is 2.29. The minimum absolute atomic E-state index is 0.328. The predicted molar refractivity (Wildman–Crippen MR) is 99.6 cm³/mol. The summed E-state index contributed by atoms with van der Waals surface area (Å²) in [4.78, 5) is 18.7. The molecule has 0 aliphatic carbocycles. The third-order valence-corrected chi connectivity index (χ3v) is 4.65. The third-order valence-electron chi connectivity index (χ3n) is 4.65. The van der Waals surface area contributed by atoms with Crippen LogP contribution >= 0.6 is 0 Å². The lowest BCUT2D eigenvalue weighted by Crippen LogP contribution is -2.45. The van der Waals surface area contributed by atoms with Crippen molar-refractivity contribution in [1.29, 1.82) is 0 Å². The summed E-state index contributed by atoms with van der Waals surface area (Å²) in [6.45, 7) is 6.31.